The number of amides is 2. The first-order valence-corrected chi connectivity index (χ1v) is 10.6. The molecule has 0 aliphatic carbocycles. The van der Waals surface area contributed by atoms with Gasteiger partial charge in [0.05, 0.1) is 18.0 Å². The molecule has 0 atom stereocenters. The van der Waals surface area contributed by atoms with Gasteiger partial charge >= 0.3 is 6.03 Å². The Bertz CT molecular complexity index is 1090. The van der Waals surface area contributed by atoms with Crippen LogP contribution in [-0.4, -0.2) is 40.6 Å². The van der Waals surface area contributed by atoms with Crippen molar-refractivity contribution in [3.8, 4) is 11.1 Å². The maximum atomic E-state index is 13.1. The minimum Gasteiger partial charge on any atom is -0.368 e. The summed E-state index contributed by atoms with van der Waals surface area (Å²) in [7, 11) is 0. The number of ether oxygens (including phenoxy) is 1. The molecule has 1 fully saturated rings. The number of likely N-dealkylation sites (tertiary alicyclic amines) is 1. The summed E-state index contributed by atoms with van der Waals surface area (Å²) in [4.78, 5) is 23.5. The molecule has 1 spiro atoms. The molecular weight excluding hydrogens is 390 g/mol. The molecule has 158 valence electrons. The van der Waals surface area contributed by atoms with E-state index in [1.54, 1.807) is 0 Å². The fourth-order valence-electron chi connectivity index (χ4n) is 4.53. The van der Waals surface area contributed by atoms with Gasteiger partial charge in [-0.3, -0.25) is 0 Å². The highest BCUT2D eigenvalue weighted by Gasteiger charge is 2.43. The topological polar surface area (TPSA) is 93.4 Å². The second-order valence-corrected chi connectivity index (χ2v) is 8.02. The summed E-state index contributed by atoms with van der Waals surface area (Å²) in [6, 6.07) is 17.8. The fraction of sp³-hybridized carbons (Fsp3) is 0.292. The number of fused-ring (bicyclic) bond motifs is 2. The van der Waals surface area contributed by atoms with Crippen molar-refractivity contribution in [2.75, 3.05) is 30.7 Å². The van der Waals surface area contributed by atoms with E-state index in [1.807, 2.05) is 65.7 Å². The van der Waals surface area contributed by atoms with Gasteiger partial charge in [-0.1, -0.05) is 48.5 Å². The lowest BCUT2D eigenvalue weighted by molar-refractivity contribution is -0.0953. The van der Waals surface area contributed by atoms with E-state index in [9.17, 15) is 4.79 Å². The van der Waals surface area contributed by atoms with Gasteiger partial charge in [-0.2, -0.15) is 0 Å². The maximum absolute atomic E-state index is 13.1. The molecule has 0 saturated carbocycles. The zero-order valence-electron chi connectivity index (χ0n) is 17.3. The minimum absolute atomic E-state index is 0.100. The summed E-state index contributed by atoms with van der Waals surface area (Å²) in [5, 5.41) is 3.10. The molecule has 1 aromatic heterocycles. The minimum atomic E-state index is -0.483. The van der Waals surface area contributed by atoms with E-state index >= 15 is 0 Å². The highest BCUT2D eigenvalue weighted by Crippen LogP contribution is 2.40. The van der Waals surface area contributed by atoms with Crippen molar-refractivity contribution >= 4 is 17.7 Å². The summed E-state index contributed by atoms with van der Waals surface area (Å²) in [6.45, 7) is 1.81. The summed E-state index contributed by atoms with van der Waals surface area (Å²) in [5.41, 5.74) is 10.2. The van der Waals surface area contributed by atoms with Crippen LogP contribution in [0.15, 0.2) is 60.8 Å². The lowest BCUT2D eigenvalue weighted by atomic mass is 9.83. The molecular formula is C24H25N5O2. The number of rotatable bonds is 2. The third-order valence-electron chi connectivity index (χ3n) is 6.18. The molecule has 5 rings (SSSR count). The molecule has 2 amide bonds. The Morgan fingerprint density at radius 1 is 1.06 bits per heavy atom. The lowest BCUT2D eigenvalue weighted by Gasteiger charge is -2.43. The number of piperidine rings is 1. The molecule has 0 bridgehead atoms. The summed E-state index contributed by atoms with van der Waals surface area (Å²) in [6.07, 6.45) is 3.97. The van der Waals surface area contributed by atoms with Gasteiger partial charge < -0.3 is 20.7 Å². The average Bonchev–Trinajstić information content (AvgIpc) is 2.81. The van der Waals surface area contributed by atoms with Crippen LogP contribution in [0.1, 0.15) is 24.1 Å². The molecule has 0 radical (unpaired) electrons. The van der Waals surface area contributed by atoms with Crippen molar-refractivity contribution in [1.82, 2.24) is 14.9 Å². The highest BCUT2D eigenvalue weighted by molar-refractivity contribution is 5.94. The number of anilines is 2. The Labute approximate surface area is 181 Å². The summed E-state index contributed by atoms with van der Waals surface area (Å²) in [5.74, 6) is 0.265. The van der Waals surface area contributed by atoms with E-state index in [0.29, 0.717) is 32.5 Å². The highest BCUT2D eigenvalue weighted by atomic mass is 16.5. The molecule has 3 heterocycles. The molecule has 2 aromatic carbocycles. The number of hydrogen-bond donors (Lipinski definition) is 2. The number of aromatic nitrogens is 2. The van der Waals surface area contributed by atoms with Crippen LogP contribution in [0.2, 0.25) is 0 Å². The van der Waals surface area contributed by atoms with Crippen LogP contribution < -0.4 is 11.1 Å². The zero-order valence-corrected chi connectivity index (χ0v) is 17.3. The number of para-hydroxylation sites is 1. The van der Waals surface area contributed by atoms with Gasteiger partial charge in [0.15, 0.2) is 0 Å². The number of nitrogen functional groups attached to an aromatic ring is 1. The Morgan fingerprint density at radius 3 is 2.61 bits per heavy atom. The van der Waals surface area contributed by atoms with Gasteiger partial charge in [0.25, 0.3) is 0 Å². The van der Waals surface area contributed by atoms with Crippen molar-refractivity contribution in [3.63, 3.8) is 0 Å². The van der Waals surface area contributed by atoms with Crippen LogP contribution in [0.5, 0.6) is 0 Å². The van der Waals surface area contributed by atoms with E-state index < -0.39 is 5.60 Å². The zero-order chi connectivity index (χ0) is 21.3. The number of benzene rings is 2. The number of hydrogen-bond acceptors (Lipinski definition) is 5. The summed E-state index contributed by atoms with van der Waals surface area (Å²) >= 11 is 0. The van der Waals surface area contributed by atoms with Crippen LogP contribution in [0.4, 0.5) is 16.4 Å². The normalized spacial score (nSPS) is 17.2. The fourth-order valence-corrected chi connectivity index (χ4v) is 4.53. The number of nitrogens with one attached hydrogen (secondary N) is 1. The van der Waals surface area contributed by atoms with Crippen LogP contribution in [0.25, 0.3) is 11.1 Å². The molecule has 2 aliphatic rings. The molecule has 0 unspecified atom stereocenters. The van der Waals surface area contributed by atoms with E-state index in [4.69, 9.17) is 10.5 Å². The van der Waals surface area contributed by atoms with E-state index in [2.05, 4.69) is 15.3 Å². The van der Waals surface area contributed by atoms with Crippen LogP contribution in [0.3, 0.4) is 0 Å². The Hall–Kier alpha value is -3.45. The van der Waals surface area contributed by atoms with Crippen LogP contribution >= 0.6 is 0 Å². The van der Waals surface area contributed by atoms with Gasteiger partial charge in [0.1, 0.15) is 5.60 Å². The number of nitrogens with zero attached hydrogens (tertiary/aromatic N) is 3. The van der Waals surface area contributed by atoms with Crippen molar-refractivity contribution in [2.24, 2.45) is 0 Å². The quantitative estimate of drug-likeness (QED) is 0.664. The second-order valence-electron chi connectivity index (χ2n) is 8.02. The van der Waals surface area contributed by atoms with Gasteiger partial charge in [0.2, 0.25) is 5.95 Å². The Kier molecular flexibility index (Phi) is 5.03. The lowest BCUT2D eigenvalue weighted by Crippen LogP contribution is -2.50. The predicted molar refractivity (Wildman–Crippen MR) is 119 cm³/mol. The summed E-state index contributed by atoms with van der Waals surface area (Å²) < 4.78 is 6.21. The molecule has 3 aromatic rings. The molecule has 1 saturated heterocycles. The monoisotopic (exact) mass is 415 g/mol. The molecule has 7 heteroatoms. The number of urea groups is 1. The standard InChI is InChI=1S/C24H25N5O2/c25-22-26-16-18-10-15-31-24(21(18)28-22)11-13-29(14-12-24)23(30)27-20-9-5-4-8-19(20)17-6-2-1-3-7-17/h1-9,16H,10-15H2,(H,27,30)(H2,25,26,28). The number of nitrogens with two attached hydrogens (primary N) is 1. The molecule has 31 heavy (non-hydrogen) atoms. The van der Waals surface area contributed by atoms with E-state index in [0.717, 1.165) is 34.5 Å². The maximum Gasteiger partial charge on any atom is 0.321 e. The third-order valence-corrected chi connectivity index (χ3v) is 6.18. The average molecular weight is 415 g/mol. The van der Waals surface area contributed by atoms with E-state index in [1.165, 1.54) is 0 Å². The number of carbonyl (C=O) groups is 1. The SMILES string of the molecule is Nc1ncc2c(n1)C1(CCN(C(=O)Nc3ccccc3-c3ccccc3)CC1)OCC2. The van der Waals surface area contributed by atoms with Crippen molar-refractivity contribution < 1.29 is 9.53 Å². The first-order valence-electron chi connectivity index (χ1n) is 10.6. The Balaban J connectivity index is 1.31. The van der Waals surface area contributed by atoms with Crippen molar-refractivity contribution in [2.45, 2.75) is 24.9 Å². The molecule has 2 aliphatic heterocycles. The predicted octanol–water partition coefficient (Wildman–Crippen LogP) is 3.82. The molecule has 3 N–H and O–H groups in total. The third kappa shape index (κ3) is 3.72. The number of carbonyl (C=O) groups excluding carboxylic acids is 1. The van der Waals surface area contributed by atoms with Crippen molar-refractivity contribution in [3.05, 3.63) is 72.1 Å². The van der Waals surface area contributed by atoms with Gasteiger partial charge in [-0.05, 0) is 36.5 Å². The van der Waals surface area contributed by atoms with Gasteiger partial charge in [-0.25, -0.2) is 14.8 Å². The van der Waals surface area contributed by atoms with Gasteiger partial charge in [0, 0.05) is 24.8 Å². The van der Waals surface area contributed by atoms with Crippen LogP contribution in [-0.2, 0) is 16.8 Å². The van der Waals surface area contributed by atoms with E-state index in [-0.39, 0.29) is 12.0 Å². The second kappa shape index (κ2) is 8.00. The largest absolute Gasteiger partial charge is 0.368 e. The first kappa shape index (κ1) is 19.5. The Morgan fingerprint density at radius 2 is 1.81 bits per heavy atom. The van der Waals surface area contributed by atoms with Crippen molar-refractivity contribution in [1.29, 1.82) is 0 Å². The van der Waals surface area contributed by atoms with Gasteiger partial charge in [-0.15, -0.1) is 0 Å². The molecule has 7 nitrogen and oxygen atoms in total. The first-order chi connectivity index (χ1) is 15.1. The smallest absolute Gasteiger partial charge is 0.321 e. The van der Waals surface area contributed by atoms with Crippen LogP contribution in [0, 0.1) is 0 Å².